The Labute approximate surface area is 176 Å². The number of benzene rings is 1. The molecule has 0 radical (unpaired) electrons. The number of hydrogen-bond donors (Lipinski definition) is 2. The van der Waals surface area contributed by atoms with Gasteiger partial charge in [-0.3, -0.25) is 0 Å². The van der Waals surface area contributed by atoms with Crippen LogP contribution in [0.2, 0.25) is 0 Å². The standard InChI is InChI=1S/C22H28N2O2S2/c1-13-11-14(2)19(15(3)12-13)23-22(27)24-20-18(21(25)26-4)16-9-7-5-6-8-10-17(16)28-20/h11-12H,5-10H2,1-4H3,(H2,23,24,27). The Hall–Kier alpha value is -1.92. The molecular weight excluding hydrogens is 388 g/mol. The van der Waals surface area contributed by atoms with Crippen molar-refractivity contribution < 1.29 is 9.53 Å². The predicted octanol–water partition coefficient (Wildman–Crippen LogP) is 5.93. The van der Waals surface area contributed by atoms with E-state index >= 15 is 0 Å². The average molecular weight is 417 g/mol. The van der Waals surface area contributed by atoms with Crippen molar-refractivity contribution in [3.63, 3.8) is 0 Å². The third-order valence-electron chi connectivity index (χ3n) is 5.20. The van der Waals surface area contributed by atoms with Crippen molar-refractivity contribution in [1.82, 2.24) is 0 Å². The summed E-state index contributed by atoms with van der Waals surface area (Å²) in [5.41, 5.74) is 6.33. The van der Waals surface area contributed by atoms with E-state index in [1.54, 1.807) is 11.3 Å². The largest absolute Gasteiger partial charge is 0.465 e. The molecule has 1 aromatic carbocycles. The molecule has 0 fully saturated rings. The van der Waals surface area contributed by atoms with E-state index in [2.05, 4.69) is 43.5 Å². The highest BCUT2D eigenvalue weighted by Gasteiger charge is 2.25. The smallest absolute Gasteiger partial charge is 0.341 e. The third-order valence-corrected chi connectivity index (χ3v) is 6.61. The summed E-state index contributed by atoms with van der Waals surface area (Å²) in [6, 6.07) is 4.27. The van der Waals surface area contributed by atoms with Crippen molar-refractivity contribution in [3.8, 4) is 0 Å². The second-order valence-corrected chi connectivity index (χ2v) is 8.98. The van der Waals surface area contributed by atoms with Gasteiger partial charge in [0.15, 0.2) is 5.11 Å². The molecule has 0 spiro atoms. The molecule has 0 aliphatic heterocycles. The van der Waals surface area contributed by atoms with Crippen LogP contribution in [0, 0.1) is 20.8 Å². The van der Waals surface area contributed by atoms with Crippen molar-refractivity contribution in [2.24, 2.45) is 0 Å². The second-order valence-electron chi connectivity index (χ2n) is 7.47. The van der Waals surface area contributed by atoms with Crippen molar-refractivity contribution >= 4 is 45.3 Å². The normalized spacial score (nSPS) is 13.9. The highest BCUT2D eigenvalue weighted by atomic mass is 32.1. The summed E-state index contributed by atoms with van der Waals surface area (Å²) >= 11 is 7.22. The van der Waals surface area contributed by atoms with Crippen LogP contribution in [0.4, 0.5) is 10.7 Å². The number of aryl methyl sites for hydroxylation is 4. The van der Waals surface area contributed by atoms with Gasteiger partial charge in [-0.2, -0.15) is 0 Å². The number of fused-ring (bicyclic) bond motifs is 1. The Balaban J connectivity index is 1.88. The Morgan fingerprint density at radius 3 is 2.32 bits per heavy atom. The minimum Gasteiger partial charge on any atom is -0.465 e. The highest BCUT2D eigenvalue weighted by Crippen LogP contribution is 2.37. The maximum Gasteiger partial charge on any atom is 0.341 e. The van der Waals surface area contributed by atoms with Crippen LogP contribution in [0.5, 0.6) is 0 Å². The molecule has 0 unspecified atom stereocenters. The van der Waals surface area contributed by atoms with Crippen LogP contribution in [0.1, 0.15) is 63.2 Å². The molecule has 150 valence electrons. The zero-order valence-electron chi connectivity index (χ0n) is 17.0. The van der Waals surface area contributed by atoms with Crippen LogP contribution in [-0.2, 0) is 17.6 Å². The quantitative estimate of drug-likeness (QED) is 0.480. The molecular formula is C22H28N2O2S2. The fraction of sp³-hybridized carbons (Fsp3) is 0.455. The Morgan fingerprint density at radius 2 is 1.68 bits per heavy atom. The lowest BCUT2D eigenvalue weighted by Gasteiger charge is -2.16. The Bertz CT molecular complexity index is 879. The number of carbonyl (C=O) groups is 1. The first-order valence-corrected chi connectivity index (χ1v) is 11.0. The summed E-state index contributed by atoms with van der Waals surface area (Å²) in [6.07, 6.45) is 6.68. The zero-order chi connectivity index (χ0) is 20.3. The molecule has 3 rings (SSSR count). The number of nitrogens with one attached hydrogen (secondary N) is 2. The number of rotatable bonds is 3. The lowest BCUT2D eigenvalue weighted by molar-refractivity contribution is 0.0601. The van der Waals surface area contributed by atoms with E-state index in [0.717, 1.165) is 53.1 Å². The summed E-state index contributed by atoms with van der Waals surface area (Å²) in [4.78, 5) is 13.8. The molecule has 1 aliphatic carbocycles. The van der Waals surface area contributed by atoms with Gasteiger partial charge in [0.05, 0.1) is 12.7 Å². The van der Waals surface area contributed by atoms with Gasteiger partial charge in [-0.1, -0.05) is 30.5 Å². The molecule has 0 bridgehead atoms. The number of ether oxygens (including phenoxy) is 1. The number of esters is 1. The van der Waals surface area contributed by atoms with E-state index in [1.807, 2.05) is 0 Å². The molecule has 0 saturated heterocycles. The molecule has 1 heterocycles. The third kappa shape index (κ3) is 4.55. The minimum absolute atomic E-state index is 0.286. The van der Waals surface area contributed by atoms with Gasteiger partial charge in [0.25, 0.3) is 0 Å². The van der Waals surface area contributed by atoms with Gasteiger partial charge in [0, 0.05) is 10.6 Å². The van der Waals surface area contributed by atoms with E-state index < -0.39 is 0 Å². The minimum atomic E-state index is -0.286. The number of hydrogen-bond acceptors (Lipinski definition) is 4. The summed E-state index contributed by atoms with van der Waals surface area (Å²) < 4.78 is 5.09. The zero-order valence-corrected chi connectivity index (χ0v) is 18.7. The molecule has 1 aromatic heterocycles. The maximum atomic E-state index is 12.5. The summed E-state index contributed by atoms with van der Waals surface area (Å²) in [5.74, 6) is -0.286. The van der Waals surface area contributed by atoms with Gasteiger partial charge >= 0.3 is 5.97 Å². The Morgan fingerprint density at radius 1 is 1.04 bits per heavy atom. The number of thiocarbonyl (C=S) groups is 1. The van der Waals surface area contributed by atoms with E-state index in [1.165, 1.54) is 30.4 Å². The average Bonchev–Trinajstić information content (AvgIpc) is 2.93. The van der Waals surface area contributed by atoms with Gasteiger partial charge in [-0.25, -0.2) is 4.79 Å². The lowest BCUT2D eigenvalue weighted by Crippen LogP contribution is -2.21. The number of thiophene rings is 1. The van der Waals surface area contributed by atoms with Gasteiger partial charge in [0.2, 0.25) is 0 Å². The van der Waals surface area contributed by atoms with Crippen LogP contribution in [-0.4, -0.2) is 18.2 Å². The number of anilines is 2. The van der Waals surface area contributed by atoms with Crippen molar-refractivity contribution in [3.05, 3.63) is 44.8 Å². The van der Waals surface area contributed by atoms with E-state index in [9.17, 15) is 4.79 Å². The monoisotopic (exact) mass is 416 g/mol. The van der Waals surface area contributed by atoms with E-state index in [0.29, 0.717) is 10.7 Å². The lowest BCUT2D eigenvalue weighted by atomic mass is 9.96. The summed E-state index contributed by atoms with van der Waals surface area (Å²) in [6.45, 7) is 6.23. The van der Waals surface area contributed by atoms with Crippen LogP contribution in [0.3, 0.4) is 0 Å². The van der Waals surface area contributed by atoms with Crippen LogP contribution in [0.15, 0.2) is 12.1 Å². The van der Waals surface area contributed by atoms with Crippen LogP contribution in [0.25, 0.3) is 0 Å². The summed E-state index contributed by atoms with van der Waals surface area (Å²) in [7, 11) is 1.44. The molecule has 1 aliphatic rings. The Kier molecular flexibility index (Phi) is 6.73. The predicted molar refractivity (Wildman–Crippen MR) is 122 cm³/mol. The first-order chi connectivity index (χ1) is 13.4. The first-order valence-electron chi connectivity index (χ1n) is 9.79. The highest BCUT2D eigenvalue weighted by molar-refractivity contribution is 7.80. The number of methoxy groups -OCH3 is 1. The van der Waals surface area contributed by atoms with Crippen LogP contribution < -0.4 is 10.6 Å². The van der Waals surface area contributed by atoms with E-state index in [-0.39, 0.29) is 5.97 Å². The van der Waals surface area contributed by atoms with Gasteiger partial charge in [0.1, 0.15) is 5.00 Å². The summed E-state index contributed by atoms with van der Waals surface area (Å²) in [5, 5.41) is 7.88. The molecule has 0 amide bonds. The molecule has 2 N–H and O–H groups in total. The van der Waals surface area contributed by atoms with Crippen molar-refractivity contribution in [1.29, 1.82) is 0 Å². The van der Waals surface area contributed by atoms with Gasteiger partial charge < -0.3 is 15.4 Å². The molecule has 2 aromatic rings. The molecule has 6 heteroatoms. The first kappa shape index (κ1) is 20.8. The fourth-order valence-corrected chi connectivity index (χ4v) is 5.50. The SMILES string of the molecule is COC(=O)c1c(NC(=S)Nc2c(C)cc(C)cc2C)sc2c1CCCCCC2. The molecule has 28 heavy (non-hydrogen) atoms. The van der Waals surface area contributed by atoms with Crippen LogP contribution >= 0.6 is 23.6 Å². The van der Waals surface area contributed by atoms with Gasteiger partial charge in [-0.15, -0.1) is 11.3 Å². The van der Waals surface area contributed by atoms with Gasteiger partial charge in [-0.05, 0) is 75.4 Å². The maximum absolute atomic E-state index is 12.5. The van der Waals surface area contributed by atoms with E-state index in [4.69, 9.17) is 17.0 Å². The molecule has 0 saturated carbocycles. The molecule has 4 nitrogen and oxygen atoms in total. The second kappa shape index (κ2) is 9.05. The fourth-order valence-electron chi connectivity index (χ4n) is 3.95. The van der Waals surface area contributed by atoms with Crippen molar-refractivity contribution in [2.75, 3.05) is 17.7 Å². The topological polar surface area (TPSA) is 50.4 Å². The molecule has 0 atom stereocenters. The van der Waals surface area contributed by atoms with Crippen molar-refractivity contribution in [2.45, 2.75) is 59.3 Å². The number of carbonyl (C=O) groups excluding carboxylic acids is 1.